The first-order valence-electron chi connectivity index (χ1n) is 6.68. The molecule has 0 saturated heterocycles. The van der Waals surface area contributed by atoms with Gasteiger partial charge in [0.15, 0.2) is 4.77 Å². The van der Waals surface area contributed by atoms with Crippen LogP contribution in [0.5, 0.6) is 0 Å². The molecule has 0 radical (unpaired) electrons. The highest BCUT2D eigenvalue weighted by molar-refractivity contribution is 7.71. The van der Waals surface area contributed by atoms with Crippen LogP contribution in [-0.4, -0.2) is 19.5 Å². The maximum Gasteiger partial charge on any atom is 0.262 e. The number of benzene rings is 1. The monoisotopic (exact) mass is 315 g/mol. The van der Waals surface area contributed by atoms with E-state index in [0.29, 0.717) is 29.2 Å². The summed E-state index contributed by atoms with van der Waals surface area (Å²) in [5.41, 5.74) is 0.111. The van der Waals surface area contributed by atoms with E-state index in [9.17, 15) is 9.59 Å². The average Bonchev–Trinajstić information content (AvgIpc) is 2.46. The molecular weight excluding hydrogens is 302 g/mol. The molecule has 7 nitrogen and oxygen atoms in total. The summed E-state index contributed by atoms with van der Waals surface area (Å²) in [6.07, 6.45) is 0. The molecule has 0 atom stereocenters. The smallest absolute Gasteiger partial charge is 0.262 e. The molecule has 0 bridgehead atoms. The fourth-order valence-corrected chi connectivity index (χ4v) is 2.42. The predicted octanol–water partition coefficient (Wildman–Crippen LogP) is 1.91. The molecule has 1 aromatic carbocycles. The van der Waals surface area contributed by atoms with Crippen LogP contribution >= 0.6 is 12.2 Å². The quantitative estimate of drug-likeness (QED) is 0.642. The van der Waals surface area contributed by atoms with Crippen LogP contribution in [-0.2, 0) is 6.54 Å². The van der Waals surface area contributed by atoms with Crippen molar-refractivity contribution in [2.75, 3.05) is 5.32 Å². The molecule has 2 aromatic heterocycles. The summed E-state index contributed by atoms with van der Waals surface area (Å²) in [4.78, 5) is 33.6. The van der Waals surface area contributed by atoms with Crippen molar-refractivity contribution in [2.45, 2.75) is 13.5 Å². The minimum Gasteiger partial charge on any atom is -0.318 e. The molecule has 3 rings (SSSR count). The first-order chi connectivity index (χ1) is 10.6. The molecule has 0 unspecified atom stereocenters. The van der Waals surface area contributed by atoms with E-state index < -0.39 is 0 Å². The molecule has 0 aliphatic heterocycles. The molecule has 0 fully saturated rings. The van der Waals surface area contributed by atoms with Crippen molar-refractivity contribution in [1.82, 2.24) is 19.5 Å². The topological polar surface area (TPSA) is 95.6 Å². The van der Waals surface area contributed by atoms with Crippen molar-refractivity contribution in [3.05, 3.63) is 55.8 Å². The molecule has 3 N–H and O–H groups in total. The van der Waals surface area contributed by atoms with E-state index in [1.807, 2.05) is 13.0 Å². The highest BCUT2D eigenvalue weighted by Gasteiger charge is 2.10. The molecule has 112 valence electrons. The fourth-order valence-electron chi connectivity index (χ4n) is 2.21. The summed E-state index contributed by atoms with van der Waals surface area (Å²) in [5, 5.41) is 3.50. The SMILES string of the molecule is CCn1c(Nc2cc(=O)[nH]c(=S)[nH]2)nc2ccccc2c1=O. The third kappa shape index (κ3) is 2.56. The van der Waals surface area contributed by atoms with Gasteiger partial charge in [-0.1, -0.05) is 12.1 Å². The van der Waals surface area contributed by atoms with Crippen LogP contribution in [0, 0.1) is 4.77 Å². The number of para-hydroxylation sites is 1. The van der Waals surface area contributed by atoms with Gasteiger partial charge < -0.3 is 10.3 Å². The highest BCUT2D eigenvalue weighted by Crippen LogP contribution is 2.14. The van der Waals surface area contributed by atoms with E-state index in [1.54, 1.807) is 18.2 Å². The largest absolute Gasteiger partial charge is 0.318 e. The van der Waals surface area contributed by atoms with Gasteiger partial charge in [-0.3, -0.25) is 19.1 Å². The van der Waals surface area contributed by atoms with Crippen molar-refractivity contribution >= 4 is 34.9 Å². The second kappa shape index (κ2) is 5.57. The Morgan fingerprint density at radius 3 is 2.77 bits per heavy atom. The maximum atomic E-state index is 12.5. The summed E-state index contributed by atoms with van der Waals surface area (Å²) in [5.74, 6) is 0.723. The molecule has 0 aliphatic carbocycles. The molecule has 0 amide bonds. The lowest BCUT2D eigenvalue weighted by Gasteiger charge is -2.12. The standard InChI is InChI=1S/C14H13N5O2S/c1-2-19-12(21)8-5-3-4-6-9(8)15-13(19)16-10-7-11(20)18-14(22)17-10/h3-7H,2H2,1H3,(H3,15,16,17,18,20,22). The van der Waals surface area contributed by atoms with E-state index in [1.165, 1.54) is 10.6 Å². The molecule has 0 spiro atoms. The minimum absolute atomic E-state index is 0.140. The Morgan fingerprint density at radius 2 is 2.05 bits per heavy atom. The van der Waals surface area contributed by atoms with Gasteiger partial charge >= 0.3 is 0 Å². The van der Waals surface area contributed by atoms with E-state index >= 15 is 0 Å². The number of nitrogens with zero attached hydrogens (tertiary/aromatic N) is 2. The molecule has 0 saturated carbocycles. The van der Waals surface area contributed by atoms with Gasteiger partial charge in [0.2, 0.25) is 5.95 Å². The normalized spacial score (nSPS) is 10.8. The number of hydrogen-bond acceptors (Lipinski definition) is 5. The van der Waals surface area contributed by atoms with Gasteiger partial charge in [-0.15, -0.1) is 0 Å². The van der Waals surface area contributed by atoms with E-state index in [2.05, 4.69) is 20.3 Å². The third-order valence-corrected chi connectivity index (χ3v) is 3.39. The Labute approximate surface area is 129 Å². The zero-order valence-corrected chi connectivity index (χ0v) is 12.5. The zero-order valence-electron chi connectivity index (χ0n) is 11.7. The fraction of sp³-hybridized carbons (Fsp3) is 0.143. The number of fused-ring (bicyclic) bond motifs is 1. The second-order valence-electron chi connectivity index (χ2n) is 4.63. The molecule has 3 aromatic rings. The van der Waals surface area contributed by atoms with Crippen LogP contribution < -0.4 is 16.4 Å². The second-order valence-corrected chi connectivity index (χ2v) is 5.04. The number of H-pyrrole nitrogens is 2. The third-order valence-electron chi connectivity index (χ3n) is 3.18. The average molecular weight is 315 g/mol. The Kier molecular flexibility index (Phi) is 3.60. The summed E-state index contributed by atoms with van der Waals surface area (Å²) in [6.45, 7) is 2.30. The Hall–Kier alpha value is -2.74. The van der Waals surface area contributed by atoms with Gasteiger partial charge in [-0.25, -0.2) is 4.98 Å². The first-order valence-corrected chi connectivity index (χ1v) is 7.09. The number of hydrogen-bond donors (Lipinski definition) is 3. The van der Waals surface area contributed by atoms with Crippen LogP contribution in [0.25, 0.3) is 10.9 Å². The van der Waals surface area contributed by atoms with Gasteiger partial charge in [0, 0.05) is 12.6 Å². The van der Waals surface area contributed by atoms with E-state index in [0.717, 1.165) is 0 Å². The molecule has 2 heterocycles. The predicted molar refractivity (Wildman–Crippen MR) is 87.2 cm³/mol. The van der Waals surface area contributed by atoms with Crippen molar-refractivity contribution in [3.8, 4) is 0 Å². The number of aromatic nitrogens is 4. The molecule has 0 aliphatic rings. The van der Waals surface area contributed by atoms with Crippen LogP contribution in [0.15, 0.2) is 39.9 Å². The Bertz CT molecular complexity index is 990. The maximum absolute atomic E-state index is 12.5. The van der Waals surface area contributed by atoms with Crippen molar-refractivity contribution in [1.29, 1.82) is 0 Å². The van der Waals surface area contributed by atoms with Gasteiger partial charge in [0.1, 0.15) is 5.82 Å². The lowest BCUT2D eigenvalue weighted by atomic mass is 10.2. The molecule has 22 heavy (non-hydrogen) atoms. The number of aromatic amines is 2. The van der Waals surface area contributed by atoms with Gasteiger partial charge in [-0.2, -0.15) is 0 Å². The Morgan fingerprint density at radius 1 is 1.27 bits per heavy atom. The van der Waals surface area contributed by atoms with E-state index in [4.69, 9.17) is 12.2 Å². The van der Waals surface area contributed by atoms with Crippen LogP contribution in [0.4, 0.5) is 11.8 Å². The van der Waals surface area contributed by atoms with Crippen molar-refractivity contribution in [3.63, 3.8) is 0 Å². The van der Waals surface area contributed by atoms with E-state index in [-0.39, 0.29) is 15.9 Å². The highest BCUT2D eigenvalue weighted by atomic mass is 32.1. The molecular formula is C14H13N5O2S. The summed E-state index contributed by atoms with van der Waals surface area (Å²) < 4.78 is 1.70. The molecule has 8 heteroatoms. The van der Waals surface area contributed by atoms with Crippen LogP contribution in [0.1, 0.15) is 6.92 Å². The van der Waals surface area contributed by atoms with Gasteiger partial charge in [-0.05, 0) is 31.3 Å². The van der Waals surface area contributed by atoms with Crippen LogP contribution in [0.2, 0.25) is 0 Å². The first kappa shape index (κ1) is 14.2. The van der Waals surface area contributed by atoms with Crippen LogP contribution in [0.3, 0.4) is 0 Å². The summed E-state index contributed by atoms with van der Waals surface area (Å²) in [7, 11) is 0. The Balaban J connectivity index is 2.19. The number of rotatable bonds is 3. The van der Waals surface area contributed by atoms with Crippen molar-refractivity contribution in [2.24, 2.45) is 0 Å². The van der Waals surface area contributed by atoms with Gasteiger partial charge in [0.25, 0.3) is 11.1 Å². The van der Waals surface area contributed by atoms with Gasteiger partial charge in [0.05, 0.1) is 10.9 Å². The summed E-state index contributed by atoms with van der Waals surface area (Å²) in [6, 6.07) is 8.43. The number of nitrogens with one attached hydrogen (secondary N) is 3. The lowest BCUT2D eigenvalue weighted by Crippen LogP contribution is -2.24. The lowest BCUT2D eigenvalue weighted by molar-refractivity contribution is 0.728. The minimum atomic E-state index is -0.336. The summed E-state index contributed by atoms with van der Waals surface area (Å²) >= 11 is 4.93. The van der Waals surface area contributed by atoms with Crippen molar-refractivity contribution < 1.29 is 0 Å². The zero-order chi connectivity index (χ0) is 15.7. The number of anilines is 2.